The highest BCUT2D eigenvalue weighted by Gasteiger charge is 2.23. The minimum atomic E-state index is -2.85. The molecule has 1 aliphatic heterocycles. The van der Waals surface area contributed by atoms with Gasteiger partial charge in [-0.1, -0.05) is 11.6 Å². The van der Waals surface area contributed by atoms with Gasteiger partial charge in [0, 0.05) is 24.8 Å². The number of nitrogens with one attached hydrogen (secondary N) is 1. The maximum Gasteiger partial charge on any atom is 0.387 e. The van der Waals surface area contributed by atoms with Gasteiger partial charge in [0.05, 0.1) is 5.56 Å². The van der Waals surface area contributed by atoms with Gasteiger partial charge in [-0.25, -0.2) is 0 Å². The second-order valence-corrected chi connectivity index (χ2v) is 6.48. The number of amides is 1. The Morgan fingerprint density at radius 1 is 1.33 bits per heavy atom. The maximum absolute atomic E-state index is 12.3. The average molecular weight is 398 g/mol. The van der Waals surface area contributed by atoms with Crippen LogP contribution in [-0.4, -0.2) is 41.8 Å². The van der Waals surface area contributed by atoms with Crippen LogP contribution >= 0.6 is 11.6 Å². The Morgan fingerprint density at radius 3 is 2.74 bits per heavy atom. The summed E-state index contributed by atoms with van der Waals surface area (Å²) < 4.78 is 28.9. The normalized spacial score (nSPS) is 17.0. The fraction of sp³-hybridized carbons (Fsp3) is 0.353. The number of piperidine rings is 1. The molecular weight excluding hydrogens is 380 g/mol. The molecular formula is C17H18ClF2N5O2. The molecule has 1 fully saturated rings. The van der Waals surface area contributed by atoms with Crippen molar-refractivity contribution in [3.63, 3.8) is 0 Å². The minimum Gasteiger partial charge on any atom is -0.435 e. The second kappa shape index (κ2) is 8.34. The molecule has 1 amide bonds. The predicted octanol–water partition coefficient (Wildman–Crippen LogP) is 2.91. The van der Waals surface area contributed by atoms with E-state index >= 15 is 0 Å². The van der Waals surface area contributed by atoms with E-state index in [1.165, 1.54) is 18.2 Å². The summed E-state index contributed by atoms with van der Waals surface area (Å²) in [5.41, 5.74) is 6.44. The molecule has 2 heterocycles. The fourth-order valence-electron chi connectivity index (χ4n) is 3.02. The van der Waals surface area contributed by atoms with Crippen LogP contribution in [0.2, 0.25) is 5.15 Å². The Balaban J connectivity index is 1.69. The fourth-order valence-corrected chi connectivity index (χ4v) is 3.17. The number of primary amides is 1. The number of nitrogens with zero attached hydrogens (tertiary/aromatic N) is 3. The molecule has 0 saturated carbocycles. The van der Waals surface area contributed by atoms with Gasteiger partial charge < -0.3 is 20.7 Å². The first-order chi connectivity index (χ1) is 12.9. The molecule has 1 aromatic heterocycles. The van der Waals surface area contributed by atoms with Crippen molar-refractivity contribution in [2.75, 3.05) is 23.3 Å². The quantitative estimate of drug-likeness (QED) is 0.778. The molecule has 7 nitrogen and oxygen atoms in total. The second-order valence-electron chi connectivity index (χ2n) is 6.10. The first kappa shape index (κ1) is 19.1. The highest BCUT2D eigenvalue weighted by molar-refractivity contribution is 6.29. The number of alkyl halides is 2. The lowest BCUT2D eigenvalue weighted by molar-refractivity contribution is -0.0498. The van der Waals surface area contributed by atoms with Gasteiger partial charge in [-0.3, -0.25) is 4.79 Å². The van der Waals surface area contributed by atoms with Gasteiger partial charge >= 0.3 is 6.61 Å². The molecule has 1 saturated heterocycles. The summed E-state index contributed by atoms with van der Waals surface area (Å²) in [6.07, 6.45) is 1.77. The molecule has 3 N–H and O–H groups in total. The SMILES string of the molecule is NC(=O)c1cc(Cl)nnc1NC1CCCN(c2ccc(OC(F)F)cc2)C1. The summed E-state index contributed by atoms with van der Waals surface area (Å²) in [5, 5.41) is 11.0. The van der Waals surface area contributed by atoms with E-state index in [-0.39, 0.29) is 22.5 Å². The highest BCUT2D eigenvalue weighted by Crippen LogP contribution is 2.25. The molecule has 1 atom stereocenters. The zero-order valence-corrected chi connectivity index (χ0v) is 15.0. The van der Waals surface area contributed by atoms with Gasteiger partial charge in [0.1, 0.15) is 5.75 Å². The standard InChI is InChI=1S/C17H18ClF2N5O2/c18-14-8-13(15(21)26)16(24-23-14)22-10-2-1-7-25(9-10)11-3-5-12(6-4-11)27-17(19)20/h3-6,8,10,17H,1-2,7,9H2,(H2,21,26)(H,22,24). The zero-order valence-electron chi connectivity index (χ0n) is 14.2. The van der Waals surface area contributed by atoms with Crippen molar-refractivity contribution < 1.29 is 18.3 Å². The zero-order chi connectivity index (χ0) is 19.4. The van der Waals surface area contributed by atoms with E-state index in [0.717, 1.165) is 25.1 Å². The van der Waals surface area contributed by atoms with Crippen molar-refractivity contribution in [2.45, 2.75) is 25.5 Å². The van der Waals surface area contributed by atoms with Crippen LogP contribution in [0.15, 0.2) is 30.3 Å². The minimum absolute atomic E-state index is 0.00400. The number of anilines is 2. The number of carbonyl (C=O) groups is 1. The molecule has 144 valence electrons. The number of benzene rings is 1. The average Bonchev–Trinajstić information content (AvgIpc) is 2.63. The molecule has 0 bridgehead atoms. The Labute approximate surface area is 159 Å². The molecule has 1 aliphatic rings. The third kappa shape index (κ3) is 4.94. The number of aromatic nitrogens is 2. The summed E-state index contributed by atoms with van der Waals surface area (Å²) in [4.78, 5) is 13.7. The summed E-state index contributed by atoms with van der Waals surface area (Å²) in [6, 6.07) is 7.86. The smallest absolute Gasteiger partial charge is 0.387 e. The van der Waals surface area contributed by atoms with Gasteiger partial charge in [0.2, 0.25) is 0 Å². The lowest BCUT2D eigenvalue weighted by Crippen LogP contribution is -2.42. The van der Waals surface area contributed by atoms with Crippen LogP contribution in [0, 0.1) is 0 Å². The number of ether oxygens (including phenoxy) is 1. The number of hydrogen-bond acceptors (Lipinski definition) is 6. The van der Waals surface area contributed by atoms with Gasteiger partial charge in [-0.2, -0.15) is 8.78 Å². The Morgan fingerprint density at radius 2 is 2.07 bits per heavy atom. The Hall–Kier alpha value is -2.68. The Bertz CT molecular complexity index is 806. The van der Waals surface area contributed by atoms with Crippen LogP contribution in [0.25, 0.3) is 0 Å². The first-order valence-corrected chi connectivity index (χ1v) is 8.69. The van der Waals surface area contributed by atoms with Crippen LogP contribution in [0.5, 0.6) is 5.75 Å². The van der Waals surface area contributed by atoms with E-state index in [4.69, 9.17) is 17.3 Å². The third-order valence-corrected chi connectivity index (χ3v) is 4.40. The molecule has 1 unspecified atom stereocenters. The van der Waals surface area contributed by atoms with Crippen LogP contribution < -0.4 is 20.7 Å². The number of nitrogens with two attached hydrogens (primary N) is 1. The van der Waals surface area contributed by atoms with Gasteiger partial charge in [-0.15, -0.1) is 10.2 Å². The van der Waals surface area contributed by atoms with Crippen LogP contribution in [0.1, 0.15) is 23.2 Å². The summed E-state index contributed by atoms with van der Waals surface area (Å²) in [5.74, 6) is -0.237. The summed E-state index contributed by atoms with van der Waals surface area (Å²) in [7, 11) is 0. The molecule has 0 spiro atoms. The molecule has 1 aromatic carbocycles. The number of halogens is 3. The number of rotatable bonds is 6. The van der Waals surface area contributed by atoms with Crippen molar-refractivity contribution in [3.8, 4) is 5.75 Å². The topological polar surface area (TPSA) is 93.4 Å². The molecule has 0 aliphatic carbocycles. The van der Waals surface area contributed by atoms with Gasteiger partial charge in [0.15, 0.2) is 11.0 Å². The van der Waals surface area contributed by atoms with Crippen molar-refractivity contribution in [2.24, 2.45) is 5.73 Å². The van der Waals surface area contributed by atoms with Crippen LogP contribution in [-0.2, 0) is 0 Å². The molecule has 2 aromatic rings. The van der Waals surface area contributed by atoms with Gasteiger partial charge in [0.25, 0.3) is 5.91 Å². The van der Waals surface area contributed by atoms with E-state index in [9.17, 15) is 13.6 Å². The number of hydrogen-bond donors (Lipinski definition) is 2. The van der Waals surface area contributed by atoms with Crippen molar-refractivity contribution in [1.82, 2.24) is 10.2 Å². The summed E-state index contributed by atoms with van der Waals surface area (Å²) in [6.45, 7) is -1.39. The molecule has 27 heavy (non-hydrogen) atoms. The first-order valence-electron chi connectivity index (χ1n) is 8.32. The van der Waals surface area contributed by atoms with Crippen LogP contribution in [0.3, 0.4) is 0 Å². The van der Waals surface area contributed by atoms with Crippen LogP contribution in [0.4, 0.5) is 20.3 Å². The highest BCUT2D eigenvalue weighted by atomic mass is 35.5. The van der Waals surface area contributed by atoms with E-state index in [0.29, 0.717) is 12.4 Å². The third-order valence-electron chi connectivity index (χ3n) is 4.22. The van der Waals surface area contributed by atoms with Crippen molar-refractivity contribution in [1.29, 1.82) is 0 Å². The van der Waals surface area contributed by atoms with Gasteiger partial charge in [-0.05, 0) is 43.2 Å². The van der Waals surface area contributed by atoms with E-state index in [2.05, 4.69) is 25.2 Å². The lowest BCUT2D eigenvalue weighted by atomic mass is 10.0. The van der Waals surface area contributed by atoms with E-state index in [1.807, 2.05) is 0 Å². The Kier molecular flexibility index (Phi) is 5.90. The molecule has 3 rings (SSSR count). The van der Waals surface area contributed by atoms with Crippen molar-refractivity contribution >= 4 is 29.0 Å². The molecule has 10 heteroatoms. The monoisotopic (exact) mass is 397 g/mol. The largest absolute Gasteiger partial charge is 0.435 e. The maximum atomic E-state index is 12.3. The lowest BCUT2D eigenvalue weighted by Gasteiger charge is -2.35. The predicted molar refractivity (Wildman–Crippen MR) is 97.5 cm³/mol. The van der Waals surface area contributed by atoms with E-state index < -0.39 is 12.5 Å². The summed E-state index contributed by atoms with van der Waals surface area (Å²) >= 11 is 5.78. The van der Waals surface area contributed by atoms with E-state index in [1.54, 1.807) is 12.1 Å². The number of carbonyl (C=O) groups excluding carboxylic acids is 1. The van der Waals surface area contributed by atoms with Crippen molar-refractivity contribution in [3.05, 3.63) is 41.0 Å². The molecule has 0 radical (unpaired) electrons.